The van der Waals surface area contributed by atoms with Gasteiger partial charge in [0.25, 0.3) is 0 Å². The molecule has 1 aliphatic heterocycles. The maximum absolute atomic E-state index is 11.6. The van der Waals surface area contributed by atoms with Crippen LogP contribution in [0.15, 0.2) is 0 Å². The summed E-state index contributed by atoms with van der Waals surface area (Å²) in [5.41, 5.74) is -0.765. The third-order valence-corrected chi connectivity index (χ3v) is 5.63. The van der Waals surface area contributed by atoms with Crippen LogP contribution in [0.25, 0.3) is 0 Å². The van der Waals surface area contributed by atoms with E-state index < -0.39 is 15.6 Å². The van der Waals surface area contributed by atoms with E-state index in [1.54, 1.807) is 0 Å². The van der Waals surface area contributed by atoms with Gasteiger partial charge in [-0.3, -0.25) is 4.79 Å². The fourth-order valence-electron chi connectivity index (χ4n) is 3.23. The minimum Gasteiger partial charge on any atom is -0.390 e. The van der Waals surface area contributed by atoms with Gasteiger partial charge in [-0.15, -0.1) is 0 Å². The lowest BCUT2D eigenvalue weighted by Gasteiger charge is -2.38. The van der Waals surface area contributed by atoms with Gasteiger partial charge in [0.05, 0.1) is 11.9 Å². The van der Waals surface area contributed by atoms with Crippen molar-refractivity contribution in [1.29, 1.82) is 0 Å². The molecule has 0 spiro atoms. The van der Waals surface area contributed by atoms with E-state index in [1.165, 1.54) is 10.6 Å². The molecule has 1 N–H and O–H groups in total. The molecule has 0 aromatic carbocycles. The zero-order valence-electron chi connectivity index (χ0n) is 11.5. The van der Waals surface area contributed by atoms with Gasteiger partial charge in [0.1, 0.15) is 5.78 Å². The zero-order chi connectivity index (χ0) is 14.1. The molecule has 2 rings (SSSR count). The van der Waals surface area contributed by atoms with E-state index in [9.17, 15) is 18.3 Å². The van der Waals surface area contributed by atoms with Crippen molar-refractivity contribution in [2.45, 2.75) is 50.5 Å². The molecular weight excluding hydrogens is 266 g/mol. The smallest absolute Gasteiger partial charge is 0.211 e. The van der Waals surface area contributed by atoms with Crippen molar-refractivity contribution in [3.8, 4) is 0 Å². The Hall–Kier alpha value is -0.460. The SMILES string of the molecule is CS(=O)(=O)N1CCCC(CC2(O)CCC(=O)CC2)C1. The molecule has 0 bridgehead atoms. The van der Waals surface area contributed by atoms with Crippen molar-refractivity contribution in [2.75, 3.05) is 19.3 Å². The van der Waals surface area contributed by atoms with Crippen LogP contribution in [-0.2, 0) is 14.8 Å². The standard InChI is InChI=1S/C13H23NO4S/c1-19(17,18)14-8-2-3-11(10-14)9-13(16)6-4-12(15)5-7-13/h11,16H,2-10H2,1H3. The van der Waals surface area contributed by atoms with Crippen LogP contribution in [0.1, 0.15) is 44.9 Å². The van der Waals surface area contributed by atoms with Crippen LogP contribution in [0.4, 0.5) is 0 Å². The molecule has 0 amide bonds. The summed E-state index contributed by atoms with van der Waals surface area (Å²) in [6.45, 7) is 1.10. The predicted molar refractivity (Wildman–Crippen MR) is 72.2 cm³/mol. The average molecular weight is 289 g/mol. The third-order valence-electron chi connectivity index (χ3n) is 4.36. The van der Waals surface area contributed by atoms with E-state index >= 15 is 0 Å². The van der Waals surface area contributed by atoms with Gasteiger partial charge in [-0.2, -0.15) is 0 Å². The molecule has 2 fully saturated rings. The number of carbonyl (C=O) groups excluding carboxylic acids is 1. The number of rotatable bonds is 3. The molecule has 19 heavy (non-hydrogen) atoms. The Morgan fingerprint density at radius 2 is 2.00 bits per heavy atom. The van der Waals surface area contributed by atoms with E-state index in [4.69, 9.17) is 0 Å². The highest BCUT2D eigenvalue weighted by atomic mass is 32.2. The number of hydrogen-bond donors (Lipinski definition) is 1. The summed E-state index contributed by atoms with van der Waals surface area (Å²) in [6, 6.07) is 0. The minimum atomic E-state index is -3.13. The van der Waals surface area contributed by atoms with Crippen molar-refractivity contribution in [2.24, 2.45) is 5.92 Å². The topological polar surface area (TPSA) is 74.7 Å². The Morgan fingerprint density at radius 3 is 2.58 bits per heavy atom. The Kier molecular flexibility index (Phi) is 4.32. The van der Waals surface area contributed by atoms with Crippen molar-refractivity contribution >= 4 is 15.8 Å². The monoisotopic (exact) mass is 289 g/mol. The third kappa shape index (κ3) is 4.00. The number of ketones is 1. The number of nitrogens with zero attached hydrogens (tertiary/aromatic N) is 1. The maximum Gasteiger partial charge on any atom is 0.211 e. The average Bonchev–Trinajstić information content (AvgIpc) is 2.33. The van der Waals surface area contributed by atoms with Crippen molar-refractivity contribution in [1.82, 2.24) is 4.31 Å². The molecule has 1 atom stereocenters. The van der Waals surface area contributed by atoms with Crippen LogP contribution in [0.3, 0.4) is 0 Å². The molecule has 6 heteroatoms. The zero-order valence-corrected chi connectivity index (χ0v) is 12.3. The largest absolute Gasteiger partial charge is 0.390 e. The molecule has 1 saturated heterocycles. The lowest BCUT2D eigenvalue weighted by atomic mass is 9.77. The first kappa shape index (κ1) is 14.9. The highest BCUT2D eigenvalue weighted by Crippen LogP contribution is 2.35. The summed E-state index contributed by atoms with van der Waals surface area (Å²) in [6.07, 6.45) is 5.64. The molecule has 0 aromatic rings. The molecule has 110 valence electrons. The first-order chi connectivity index (χ1) is 8.78. The van der Waals surface area contributed by atoms with Gasteiger partial charge in [0.2, 0.25) is 10.0 Å². The van der Waals surface area contributed by atoms with E-state index in [0.717, 1.165) is 12.8 Å². The quantitative estimate of drug-likeness (QED) is 0.838. The second kappa shape index (κ2) is 5.50. The fraction of sp³-hybridized carbons (Fsp3) is 0.923. The van der Waals surface area contributed by atoms with Crippen LogP contribution in [0.5, 0.6) is 0 Å². The van der Waals surface area contributed by atoms with E-state index in [2.05, 4.69) is 0 Å². The molecule has 1 saturated carbocycles. The number of piperidine rings is 1. The Bertz CT molecular complexity index is 436. The van der Waals surface area contributed by atoms with Gasteiger partial charge < -0.3 is 5.11 Å². The second-order valence-corrected chi connectivity index (χ2v) is 8.08. The number of aliphatic hydroxyl groups is 1. The van der Waals surface area contributed by atoms with Crippen LogP contribution < -0.4 is 0 Å². The Morgan fingerprint density at radius 1 is 1.37 bits per heavy atom. The van der Waals surface area contributed by atoms with Gasteiger partial charge in [-0.1, -0.05) is 0 Å². The van der Waals surface area contributed by atoms with Gasteiger partial charge >= 0.3 is 0 Å². The molecule has 2 aliphatic rings. The Balaban J connectivity index is 1.94. The highest BCUT2D eigenvalue weighted by Gasteiger charge is 2.36. The molecule has 0 aromatic heterocycles. The van der Waals surface area contributed by atoms with Crippen molar-refractivity contribution in [3.63, 3.8) is 0 Å². The number of carbonyl (C=O) groups is 1. The highest BCUT2D eigenvalue weighted by molar-refractivity contribution is 7.88. The summed E-state index contributed by atoms with van der Waals surface area (Å²) in [7, 11) is -3.13. The molecule has 1 unspecified atom stereocenters. The lowest BCUT2D eigenvalue weighted by molar-refractivity contribution is -0.126. The van der Waals surface area contributed by atoms with Crippen molar-refractivity contribution < 1.29 is 18.3 Å². The van der Waals surface area contributed by atoms with Crippen LogP contribution in [0.2, 0.25) is 0 Å². The van der Waals surface area contributed by atoms with Gasteiger partial charge in [-0.05, 0) is 38.0 Å². The van der Waals surface area contributed by atoms with Gasteiger partial charge in [0, 0.05) is 25.9 Å². The first-order valence-electron chi connectivity index (χ1n) is 6.98. The van der Waals surface area contributed by atoms with E-state index in [1.807, 2.05) is 0 Å². The fourth-order valence-corrected chi connectivity index (χ4v) is 4.17. The molecular formula is C13H23NO4S. The van der Waals surface area contributed by atoms with Crippen LogP contribution in [-0.4, -0.2) is 48.6 Å². The first-order valence-corrected chi connectivity index (χ1v) is 8.83. The van der Waals surface area contributed by atoms with E-state index in [0.29, 0.717) is 45.2 Å². The van der Waals surface area contributed by atoms with Crippen LogP contribution >= 0.6 is 0 Å². The number of sulfonamides is 1. The summed E-state index contributed by atoms with van der Waals surface area (Å²) in [5, 5.41) is 10.5. The maximum atomic E-state index is 11.6. The molecule has 5 nitrogen and oxygen atoms in total. The summed E-state index contributed by atoms with van der Waals surface area (Å²) in [5.74, 6) is 0.438. The van der Waals surface area contributed by atoms with Crippen molar-refractivity contribution in [3.05, 3.63) is 0 Å². The van der Waals surface area contributed by atoms with E-state index in [-0.39, 0.29) is 11.7 Å². The van der Waals surface area contributed by atoms with Crippen LogP contribution in [0, 0.1) is 5.92 Å². The predicted octanol–water partition coefficient (Wildman–Crippen LogP) is 0.922. The number of hydrogen-bond acceptors (Lipinski definition) is 4. The summed E-state index contributed by atoms with van der Waals surface area (Å²) < 4.78 is 24.6. The normalized spacial score (nSPS) is 29.4. The minimum absolute atomic E-state index is 0.210. The Labute approximate surface area is 115 Å². The summed E-state index contributed by atoms with van der Waals surface area (Å²) in [4.78, 5) is 11.2. The second-order valence-electron chi connectivity index (χ2n) is 6.10. The number of Topliss-reactive ketones (excluding diaryl/α,β-unsaturated/α-hetero) is 1. The lowest BCUT2D eigenvalue weighted by Crippen LogP contribution is -2.43. The summed E-state index contributed by atoms with van der Waals surface area (Å²) >= 11 is 0. The molecule has 1 aliphatic carbocycles. The molecule has 0 radical (unpaired) electrons. The molecule has 1 heterocycles. The van der Waals surface area contributed by atoms with Gasteiger partial charge in [0.15, 0.2) is 0 Å². The van der Waals surface area contributed by atoms with Gasteiger partial charge in [-0.25, -0.2) is 12.7 Å².